The average Bonchev–Trinajstić information content (AvgIpc) is 3.07. The number of ether oxygens (including phenoxy) is 2. The summed E-state index contributed by atoms with van der Waals surface area (Å²) in [5.74, 6) is 0.991. The quantitative estimate of drug-likeness (QED) is 0.150. The van der Waals surface area contributed by atoms with Crippen molar-refractivity contribution in [1.29, 1.82) is 0 Å². The van der Waals surface area contributed by atoms with Crippen molar-refractivity contribution in [3.8, 4) is 11.5 Å². The summed E-state index contributed by atoms with van der Waals surface area (Å²) in [6.45, 7) is 5.44. The number of amides is 3. The molecule has 2 N–H and O–H groups in total. The Morgan fingerprint density at radius 2 is 1.70 bits per heavy atom. The standard InChI is InChI=1S/C34H32Cl2N6O5/c1-5-25(43)15-20-10-12-23(13-11-20)39-33-37-17-22-19-41(31-29(35)26(46-3)16-27(47-4)30(31)36)34(45)42(32(22)40-33)18-21-8-7-9-24(14-21)38-28(44)6-2/h5,7-14,16-17H,1,6,15,18-19H2,2-4H3,(H,38,44)(H,37,39,40). The molecule has 13 heteroatoms. The molecule has 1 aliphatic rings. The molecule has 0 saturated carbocycles. The fraction of sp³-hybridized carbons (Fsp3) is 0.206. The summed E-state index contributed by atoms with van der Waals surface area (Å²) < 4.78 is 10.9. The van der Waals surface area contributed by atoms with Gasteiger partial charge in [0.1, 0.15) is 27.4 Å². The van der Waals surface area contributed by atoms with E-state index in [4.69, 9.17) is 37.7 Å². The second-order valence-electron chi connectivity index (χ2n) is 10.5. The van der Waals surface area contributed by atoms with Gasteiger partial charge in [-0.3, -0.25) is 19.4 Å². The maximum atomic E-state index is 14.4. The minimum atomic E-state index is -0.458. The number of anilines is 5. The first-order valence-electron chi connectivity index (χ1n) is 14.6. The van der Waals surface area contributed by atoms with Crippen LogP contribution in [0, 0.1) is 0 Å². The molecule has 0 atom stereocenters. The van der Waals surface area contributed by atoms with Crippen molar-refractivity contribution in [3.05, 3.63) is 100 Å². The molecular weight excluding hydrogens is 643 g/mol. The lowest BCUT2D eigenvalue weighted by Gasteiger charge is -2.37. The number of halogens is 2. The van der Waals surface area contributed by atoms with Crippen LogP contribution in [0.15, 0.2) is 73.4 Å². The van der Waals surface area contributed by atoms with Gasteiger partial charge in [-0.1, -0.05) is 61.0 Å². The number of carbonyl (C=O) groups excluding carboxylic acids is 3. The van der Waals surface area contributed by atoms with Gasteiger partial charge >= 0.3 is 6.03 Å². The smallest absolute Gasteiger partial charge is 0.330 e. The molecule has 3 amide bonds. The maximum absolute atomic E-state index is 14.4. The van der Waals surface area contributed by atoms with Crippen LogP contribution in [-0.4, -0.2) is 41.9 Å². The molecule has 242 valence electrons. The number of ketones is 1. The number of urea groups is 1. The fourth-order valence-corrected chi connectivity index (χ4v) is 5.70. The van der Waals surface area contributed by atoms with Gasteiger partial charge in [0.05, 0.1) is 33.0 Å². The van der Waals surface area contributed by atoms with Crippen LogP contribution >= 0.6 is 23.2 Å². The van der Waals surface area contributed by atoms with E-state index >= 15 is 0 Å². The monoisotopic (exact) mass is 674 g/mol. The number of benzene rings is 3. The first-order chi connectivity index (χ1) is 22.6. The maximum Gasteiger partial charge on any atom is 0.330 e. The zero-order valence-corrected chi connectivity index (χ0v) is 27.5. The summed E-state index contributed by atoms with van der Waals surface area (Å²) in [6, 6.07) is 15.6. The van der Waals surface area contributed by atoms with Crippen molar-refractivity contribution < 1.29 is 23.9 Å². The van der Waals surface area contributed by atoms with Gasteiger partial charge in [-0.05, 0) is 41.5 Å². The van der Waals surface area contributed by atoms with E-state index in [1.165, 1.54) is 30.1 Å². The number of aromatic nitrogens is 2. The Balaban J connectivity index is 1.54. The number of nitrogens with one attached hydrogen (secondary N) is 2. The Kier molecular flexibility index (Phi) is 10.3. The van der Waals surface area contributed by atoms with Gasteiger partial charge in [0.25, 0.3) is 0 Å². The molecule has 0 aliphatic carbocycles. The average molecular weight is 676 g/mol. The first-order valence-corrected chi connectivity index (χ1v) is 15.4. The zero-order chi connectivity index (χ0) is 33.7. The zero-order valence-electron chi connectivity index (χ0n) is 26.0. The molecule has 2 heterocycles. The van der Waals surface area contributed by atoms with E-state index in [-0.39, 0.29) is 64.4 Å². The molecule has 0 unspecified atom stereocenters. The molecule has 47 heavy (non-hydrogen) atoms. The van der Waals surface area contributed by atoms with Gasteiger partial charge in [-0.15, -0.1) is 0 Å². The normalized spacial score (nSPS) is 12.3. The van der Waals surface area contributed by atoms with Gasteiger partial charge in [0.2, 0.25) is 11.9 Å². The van der Waals surface area contributed by atoms with Gasteiger partial charge in [0, 0.05) is 42.0 Å². The predicted octanol–water partition coefficient (Wildman–Crippen LogP) is 7.34. The van der Waals surface area contributed by atoms with Gasteiger partial charge in [-0.25, -0.2) is 9.78 Å². The van der Waals surface area contributed by atoms with Crippen molar-refractivity contribution in [2.45, 2.75) is 32.9 Å². The molecule has 0 bridgehead atoms. The second-order valence-corrected chi connectivity index (χ2v) is 11.3. The number of allylic oxidation sites excluding steroid dienone is 1. The number of fused-ring (bicyclic) bond motifs is 1. The van der Waals surface area contributed by atoms with Crippen molar-refractivity contribution in [2.24, 2.45) is 0 Å². The molecule has 0 spiro atoms. The number of carbonyl (C=O) groups is 3. The number of nitrogens with zero attached hydrogens (tertiary/aromatic N) is 4. The third kappa shape index (κ3) is 7.32. The number of rotatable bonds is 12. The molecule has 1 aliphatic heterocycles. The predicted molar refractivity (Wildman–Crippen MR) is 183 cm³/mol. The third-order valence-electron chi connectivity index (χ3n) is 7.40. The highest BCUT2D eigenvalue weighted by Crippen LogP contribution is 2.48. The van der Waals surface area contributed by atoms with Crippen molar-refractivity contribution in [2.75, 3.05) is 34.7 Å². The minimum absolute atomic E-state index is 0.0549. The Bertz CT molecular complexity index is 1820. The highest BCUT2D eigenvalue weighted by atomic mass is 35.5. The van der Waals surface area contributed by atoms with Gasteiger partial charge in [-0.2, -0.15) is 4.98 Å². The second kappa shape index (κ2) is 14.5. The fourth-order valence-electron chi connectivity index (χ4n) is 4.99. The summed E-state index contributed by atoms with van der Waals surface area (Å²) in [6.07, 6.45) is 3.51. The van der Waals surface area contributed by atoms with E-state index < -0.39 is 6.03 Å². The summed E-state index contributed by atoms with van der Waals surface area (Å²) in [5, 5.41) is 6.30. The van der Waals surface area contributed by atoms with Crippen molar-refractivity contribution >= 4 is 69.8 Å². The molecular formula is C34H32Cl2N6O5. The Morgan fingerprint density at radius 3 is 2.34 bits per heavy atom. The van der Waals surface area contributed by atoms with Crippen LogP contribution < -0.4 is 29.9 Å². The number of methoxy groups -OCH3 is 2. The molecule has 0 saturated heterocycles. The van der Waals surface area contributed by atoms with E-state index in [9.17, 15) is 14.4 Å². The Labute approximate surface area is 282 Å². The SMILES string of the molecule is C=CC(=O)Cc1ccc(Nc2ncc3c(n2)N(Cc2cccc(NC(=O)CC)c2)C(=O)N(c2c(Cl)c(OC)cc(OC)c2Cl)C3)cc1. The third-order valence-corrected chi connectivity index (χ3v) is 8.13. The summed E-state index contributed by atoms with van der Waals surface area (Å²) in [7, 11) is 2.91. The van der Waals surface area contributed by atoms with Gasteiger partial charge in [0.15, 0.2) is 5.78 Å². The number of hydrogen-bond acceptors (Lipinski definition) is 8. The highest BCUT2D eigenvalue weighted by Gasteiger charge is 2.37. The van der Waals surface area contributed by atoms with Crippen LogP contribution in [0.3, 0.4) is 0 Å². The van der Waals surface area contributed by atoms with Gasteiger partial charge < -0.3 is 20.1 Å². The molecule has 4 aromatic rings. The highest BCUT2D eigenvalue weighted by molar-refractivity contribution is 6.42. The molecule has 5 rings (SSSR count). The molecule has 3 aromatic carbocycles. The van der Waals surface area contributed by atoms with Crippen molar-refractivity contribution in [3.63, 3.8) is 0 Å². The van der Waals surface area contributed by atoms with E-state index in [1.807, 2.05) is 30.3 Å². The Morgan fingerprint density at radius 1 is 1.00 bits per heavy atom. The number of hydrogen-bond donors (Lipinski definition) is 2. The lowest BCUT2D eigenvalue weighted by molar-refractivity contribution is -0.116. The lowest BCUT2D eigenvalue weighted by Crippen LogP contribution is -2.48. The van der Waals surface area contributed by atoms with Crippen molar-refractivity contribution in [1.82, 2.24) is 9.97 Å². The Hall–Kier alpha value is -5.13. The molecule has 11 nitrogen and oxygen atoms in total. The minimum Gasteiger partial charge on any atom is -0.495 e. The molecule has 1 aromatic heterocycles. The lowest BCUT2D eigenvalue weighted by atomic mass is 10.1. The molecule has 0 fully saturated rings. The van der Waals surface area contributed by atoms with Crippen LogP contribution in [0.25, 0.3) is 0 Å². The van der Waals surface area contributed by atoms with Crippen LogP contribution in [-0.2, 0) is 29.1 Å². The van der Waals surface area contributed by atoms with Crippen LogP contribution in [0.1, 0.15) is 30.0 Å². The summed E-state index contributed by atoms with van der Waals surface area (Å²) in [4.78, 5) is 50.4. The van der Waals surface area contributed by atoms with E-state index in [0.717, 1.165) is 11.1 Å². The largest absolute Gasteiger partial charge is 0.495 e. The summed E-state index contributed by atoms with van der Waals surface area (Å²) >= 11 is 13.5. The van der Waals surface area contributed by atoms with E-state index in [1.54, 1.807) is 37.4 Å². The first kappa shape index (κ1) is 33.2. The van der Waals surface area contributed by atoms with E-state index in [2.05, 4.69) is 22.2 Å². The van der Waals surface area contributed by atoms with Crippen LogP contribution in [0.4, 0.5) is 33.6 Å². The van der Waals surface area contributed by atoms with E-state index in [0.29, 0.717) is 29.2 Å². The molecule has 0 radical (unpaired) electrons. The van der Waals surface area contributed by atoms with Crippen LogP contribution in [0.2, 0.25) is 10.0 Å². The van der Waals surface area contributed by atoms with Crippen LogP contribution in [0.5, 0.6) is 11.5 Å². The topological polar surface area (TPSA) is 126 Å². The summed E-state index contributed by atoms with van der Waals surface area (Å²) in [5.41, 5.74) is 3.70.